The van der Waals surface area contributed by atoms with E-state index in [1.807, 2.05) is 32.2 Å². The molecule has 2 aliphatic rings. The average molecular weight is 573 g/mol. The minimum atomic E-state index is -0.748. The molecular formula is C26H27BrClN5O3. The van der Waals surface area contributed by atoms with Gasteiger partial charge < -0.3 is 24.9 Å². The van der Waals surface area contributed by atoms with Crippen LogP contribution in [0.2, 0.25) is 5.15 Å². The Bertz CT molecular complexity index is 1480. The summed E-state index contributed by atoms with van der Waals surface area (Å²) < 4.78 is 15.8. The van der Waals surface area contributed by atoms with Crippen molar-refractivity contribution in [1.29, 1.82) is 0 Å². The minimum absolute atomic E-state index is 0.00915. The van der Waals surface area contributed by atoms with Gasteiger partial charge in [0.05, 0.1) is 34.1 Å². The second-order valence-electron chi connectivity index (χ2n) is 10.3. The van der Waals surface area contributed by atoms with Gasteiger partial charge in [-0.2, -0.15) is 0 Å². The maximum atomic E-state index is 10.8. The molecule has 36 heavy (non-hydrogen) atoms. The van der Waals surface area contributed by atoms with Crippen LogP contribution in [0.25, 0.3) is 21.9 Å². The van der Waals surface area contributed by atoms with Crippen LogP contribution in [0.5, 0.6) is 0 Å². The van der Waals surface area contributed by atoms with Crippen LogP contribution in [-0.4, -0.2) is 49.2 Å². The van der Waals surface area contributed by atoms with E-state index in [4.69, 9.17) is 26.8 Å². The van der Waals surface area contributed by atoms with E-state index < -0.39 is 11.2 Å². The number of nitrogens with zero attached hydrogens (tertiary/aromatic N) is 4. The van der Waals surface area contributed by atoms with Crippen LogP contribution in [0.1, 0.15) is 38.3 Å². The molecule has 3 N–H and O–H groups in total. The summed E-state index contributed by atoms with van der Waals surface area (Å²) in [5, 5.41) is 13.0. The lowest BCUT2D eigenvalue weighted by Crippen LogP contribution is -2.39. The van der Waals surface area contributed by atoms with E-state index in [0.717, 1.165) is 44.8 Å². The van der Waals surface area contributed by atoms with E-state index in [1.54, 1.807) is 0 Å². The van der Waals surface area contributed by atoms with Crippen molar-refractivity contribution >= 4 is 55.3 Å². The fraction of sp³-hybridized carbons (Fsp3) is 0.423. The van der Waals surface area contributed by atoms with Crippen molar-refractivity contribution < 1.29 is 14.6 Å². The standard InChI is InChI=1S/C26H27BrClN5O3/c1-25(2)35-20-19(33-8-6-16-22(28)30-13-31-24(16)33)11-26(12-34,21(20)36-25)7-5-14-3-4-15-10-17(27)23(29)32-18(15)9-14/h3-4,6,8-10,13,19-21,34H,5,7,11-12H2,1-2H3,(H2,29,32)/t19-,20+,21+,26+/m1/s1. The number of anilines is 1. The van der Waals surface area contributed by atoms with Crippen LogP contribution in [0.15, 0.2) is 47.3 Å². The summed E-state index contributed by atoms with van der Waals surface area (Å²) in [5.74, 6) is -0.281. The Morgan fingerprint density at radius 1 is 1.22 bits per heavy atom. The number of hydrogen-bond acceptors (Lipinski definition) is 7. The highest BCUT2D eigenvalue weighted by atomic mass is 79.9. The summed E-state index contributed by atoms with van der Waals surface area (Å²) in [6, 6.07) is 10.1. The third kappa shape index (κ3) is 3.88. The van der Waals surface area contributed by atoms with E-state index in [9.17, 15) is 5.11 Å². The maximum Gasteiger partial charge on any atom is 0.163 e. The lowest BCUT2D eigenvalue weighted by Gasteiger charge is -2.34. The first-order chi connectivity index (χ1) is 17.2. The third-order valence-corrected chi connectivity index (χ3v) is 8.57. The van der Waals surface area contributed by atoms with Crippen LogP contribution in [0, 0.1) is 5.41 Å². The molecular weight excluding hydrogens is 546 g/mol. The summed E-state index contributed by atoms with van der Waals surface area (Å²) in [4.78, 5) is 13.1. The molecule has 1 saturated carbocycles. The van der Waals surface area contributed by atoms with Crippen LogP contribution in [-0.2, 0) is 15.9 Å². The summed E-state index contributed by atoms with van der Waals surface area (Å²) in [5.41, 5.74) is 8.26. The van der Waals surface area contributed by atoms with Crippen molar-refractivity contribution in [2.75, 3.05) is 12.3 Å². The molecule has 6 rings (SSSR count). The topological polar surface area (TPSA) is 108 Å². The largest absolute Gasteiger partial charge is 0.396 e. The molecule has 2 fully saturated rings. The van der Waals surface area contributed by atoms with Gasteiger partial charge >= 0.3 is 0 Å². The second-order valence-corrected chi connectivity index (χ2v) is 11.5. The Morgan fingerprint density at radius 2 is 2.06 bits per heavy atom. The van der Waals surface area contributed by atoms with E-state index in [-0.39, 0.29) is 24.9 Å². The van der Waals surface area contributed by atoms with Gasteiger partial charge in [0, 0.05) is 17.0 Å². The Kier molecular flexibility index (Phi) is 5.77. The predicted molar refractivity (Wildman–Crippen MR) is 142 cm³/mol. The first-order valence-corrected chi connectivity index (χ1v) is 13.1. The van der Waals surface area contributed by atoms with E-state index >= 15 is 0 Å². The molecule has 1 saturated heterocycles. The number of aryl methyl sites for hydroxylation is 1. The van der Waals surface area contributed by atoms with Crippen LogP contribution in [0.4, 0.5) is 5.82 Å². The smallest absolute Gasteiger partial charge is 0.163 e. The number of hydrogen-bond donors (Lipinski definition) is 2. The molecule has 0 radical (unpaired) electrons. The number of aromatic nitrogens is 4. The molecule has 4 heterocycles. The molecule has 0 unspecified atom stereocenters. The van der Waals surface area contributed by atoms with Gasteiger partial charge in [0.15, 0.2) is 5.79 Å². The van der Waals surface area contributed by atoms with Crippen molar-refractivity contribution in [3.05, 3.63) is 58.0 Å². The number of ether oxygens (including phenoxy) is 2. The lowest BCUT2D eigenvalue weighted by atomic mass is 9.79. The monoisotopic (exact) mass is 571 g/mol. The zero-order valence-electron chi connectivity index (χ0n) is 20.0. The van der Waals surface area contributed by atoms with Gasteiger partial charge in [-0.3, -0.25) is 0 Å². The maximum absolute atomic E-state index is 10.8. The van der Waals surface area contributed by atoms with E-state index in [1.165, 1.54) is 6.33 Å². The molecule has 3 aromatic heterocycles. The molecule has 1 aliphatic carbocycles. The quantitative estimate of drug-likeness (QED) is 0.322. The number of nitrogens with two attached hydrogens (primary N) is 1. The van der Waals surface area contributed by atoms with Gasteiger partial charge in [-0.1, -0.05) is 23.7 Å². The molecule has 0 spiro atoms. The van der Waals surface area contributed by atoms with Gasteiger partial charge in [0.2, 0.25) is 0 Å². The first kappa shape index (κ1) is 24.1. The van der Waals surface area contributed by atoms with Crippen molar-refractivity contribution in [3.8, 4) is 0 Å². The zero-order valence-corrected chi connectivity index (χ0v) is 22.3. The SMILES string of the molecule is CC1(C)O[C@H]2[C@H](n3ccc4c(Cl)ncnc43)C[C@](CO)(CCc3ccc4cc(Br)c(N)nc4c3)[C@H]2O1. The first-order valence-electron chi connectivity index (χ1n) is 12.0. The highest BCUT2D eigenvalue weighted by Crippen LogP contribution is 2.55. The fourth-order valence-corrected chi connectivity index (χ4v) is 6.41. The number of halogens is 2. The van der Waals surface area contributed by atoms with Gasteiger partial charge in [-0.25, -0.2) is 15.0 Å². The van der Waals surface area contributed by atoms with Crippen LogP contribution >= 0.6 is 27.5 Å². The van der Waals surface area contributed by atoms with Crippen LogP contribution in [0.3, 0.4) is 0 Å². The van der Waals surface area contributed by atoms with Crippen molar-refractivity contribution in [1.82, 2.24) is 19.5 Å². The van der Waals surface area contributed by atoms with Crippen molar-refractivity contribution in [2.24, 2.45) is 5.41 Å². The summed E-state index contributed by atoms with van der Waals surface area (Å²) >= 11 is 9.76. The summed E-state index contributed by atoms with van der Waals surface area (Å²) in [6.07, 6.45) is 5.14. The minimum Gasteiger partial charge on any atom is -0.396 e. The number of fused-ring (bicyclic) bond motifs is 3. The Balaban J connectivity index is 1.33. The van der Waals surface area contributed by atoms with Crippen molar-refractivity contribution in [3.63, 3.8) is 0 Å². The highest BCUT2D eigenvalue weighted by Gasteiger charge is 2.61. The molecule has 8 nitrogen and oxygen atoms in total. The Morgan fingerprint density at radius 3 is 2.86 bits per heavy atom. The zero-order chi connectivity index (χ0) is 25.2. The number of rotatable bonds is 5. The number of aliphatic hydroxyl groups is 1. The fourth-order valence-electron chi connectivity index (χ4n) is 5.89. The van der Waals surface area contributed by atoms with Gasteiger partial charge in [-0.15, -0.1) is 0 Å². The van der Waals surface area contributed by atoms with E-state index in [2.05, 4.69) is 53.6 Å². The molecule has 4 atom stereocenters. The number of pyridine rings is 1. The molecule has 0 bridgehead atoms. The van der Waals surface area contributed by atoms with E-state index in [0.29, 0.717) is 17.4 Å². The molecule has 1 aromatic carbocycles. The summed E-state index contributed by atoms with van der Waals surface area (Å²) in [7, 11) is 0. The Hall–Kier alpha value is -2.30. The number of nitrogen functional groups attached to an aromatic ring is 1. The number of aliphatic hydroxyl groups excluding tert-OH is 1. The molecule has 1 aliphatic heterocycles. The molecule has 0 amide bonds. The highest BCUT2D eigenvalue weighted by molar-refractivity contribution is 9.10. The molecule has 10 heteroatoms. The average Bonchev–Trinajstić information content (AvgIpc) is 3.49. The Labute approximate surface area is 221 Å². The predicted octanol–water partition coefficient (Wildman–Crippen LogP) is 5.05. The van der Waals surface area contributed by atoms with Gasteiger partial charge in [0.1, 0.15) is 29.0 Å². The summed E-state index contributed by atoms with van der Waals surface area (Å²) in [6.45, 7) is 3.84. The van der Waals surface area contributed by atoms with Crippen LogP contribution < -0.4 is 5.73 Å². The molecule has 188 valence electrons. The normalized spacial score (nSPS) is 27.2. The lowest BCUT2D eigenvalue weighted by molar-refractivity contribution is -0.173. The van der Waals surface area contributed by atoms with Gasteiger partial charge in [-0.05, 0) is 72.8 Å². The molecule has 4 aromatic rings. The number of benzene rings is 1. The van der Waals surface area contributed by atoms with Gasteiger partial charge in [0.25, 0.3) is 0 Å². The van der Waals surface area contributed by atoms with Crippen molar-refractivity contribution in [2.45, 2.75) is 57.1 Å². The third-order valence-electron chi connectivity index (χ3n) is 7.63. The second kappa shape index (κ2) is 8.63.